The molecule has 0 N–H and O–H groups in total. The summed E-state index contributed by atoms with van der Waals surface area (Å²) in [5, 5.41) is 0. The van der Waals surface area contributed by atoms with Gasteiger partial charge in [-0.2, -0.15) is 0 Å². The van der Waals surface area contributed by atoms with Gasteiger partial charge in [-0.15, -0.1) is 11.3 Å². The summed E-state index contributed by atoms with van der Waals surface area (Å²) < 4.78 is 0.518. The largest absolute Gasteiger partial charge is 0.291 e. The number of carbonyl (C=O) groups is 3. The Kier molecular flexibility index (Phi) is 3.59. The molecule has 17 heavy (non-hydrogen) atoms. The Bertz CT molecular complexity index is 467. The van der Waals surface area contributed by atoms with Crippen LogP contribution in [0.3, 0.4) is 0 Å². The molecule has 6 heteroatoms. The standard InChI is InChI=1S/C11H10ClNO3S/c12-9-5-4-8(17-9)7(14)6-13-10(15)2-1-3-11(13)16/h4-5H,1-3,6H2. The van der Waals surface area contributed by atoms with Gasteiger partial charge in [0.05, 0.1) is 15.8 Å². The van der Waals surface area contributed by atoms with Crippen LogP contribution in [-0.4, -0.2) is 29.0 Å². The van der Waals surface area contributed by atoms with E-state index in [1.807, 2.05) is 0 Å². The van der Waals surface area contributed by atoms with Crippen molar-refractivity contribution in [2.45, 2.75) is 19.3 Å². The summed E-state index contributed by atoms with van der Waals surface area (Å²) in [4.78, 5) is 36.4. The van der Waals surface area contributed by atoms with Crippen LogP contribution in [0.25, 0.3) is 0 Å². The van der Waals surface area contributed by atoms with Crippen LogP contribution in [0.2, 0.25) is 4.34 Å². The normalized spacial score (nSPS) is 16.4. The predicted octanol–water partition coefficient (Wildman–Crippen LogP) is 2.12. The number of thiophene rings is 1. The van der Waals surface area contributed by atoms with Gasteiger partial charge in [0.25, 0.3) is 0 Å². The van der Waals surface area contributed by atoms with Gasteiger partial charge in [0, 0.05) is 12.8 Å². The molecule has 1 aromatic rings. The van der Waals surface area contributed by atoms with Crippen molar-refractivity contribution in [2.24, 2.45) is 0 Å². The number of carbonyl (C=O) groups excluding carboxylic acids is 3. The average Bonchev–Trinajstić information content (AvgIpc) is 2.70. The number of rotatable bonds is 3. The molecule has 0 aromatic carbocycles. The molecule has 1 aliphatic heterocycles. The SMILES string of the molecule is O=C(CN1C(=O)CCCC1=O)c1ccc(Cl)s1. The van der Waals surface area contributed by atoms with Gasteiger partial charge in [-0.05, 0) is 18.6 Å². The molecule has 2 rings (SSSR count). The Balaban J connectivity index is 2.07. The quantitative estimate of drug-likeness (QED) is 0.625. The van der Waals surface area contributed by atoms with E-state index in [0.717, 1.165) is 16.2 Å². The highest BCUT2D eigenvalue weighted by molar-refractivity contribution is 7.18. The van der Waals surface area contributed by atoms with Gasteiger partial charge in [-0.3, -0.25) is 19.3 Å². The number of hydrogen-bond acceptors (Lipinski definition) is 4. The molecule has 1 saturated heterocycles. The lowest BCUT2D eigenvalue weighted by Gasteiger charge is -2.23. The number of ketones is 1. The van der Waals surface area contributed by atoms with Crippen molar-refractivity contribution in [3.8, 4) is 0 Å². The number of Topliss-reactive ketones (excluding diaryl/α,β-unsaturated/α-hetero) is 1. The lowest BCUT2D eigenvalue weighted by atomic mass is 10.1. The van der Waals surface area contributed by atoms with Gasteiger partial charge >= 0.3 is 0 Å². The molecular weight excluding hydrogens is 262 g/mol. The molecule has 90 valence electrons. The van der Waals surface area contributed by atoms with Crippen LogP contribution >= 0.6 is 22.9 Å². The van der Waals surface area contributed by atoms with E-state index < -0.39 is 0 Å². The fourth-order valence-corrected chi connectivity index (χ4v) is 2.63. The number of halogens is 1. The van der Waals surface area contributed by atoms with E-state index in [4.69, 9.17) is 11.6 Å². The van der Waals surface area contributed by atoms with Crippen molar-refractivity contribution in [1.82, 2.24) is 4.90 Å². The first kappa shape index (κ1) is 12.3. The molecule has 1 aliphatic rings. The number of hydrogen-bond donors (Lipinski definition) is 0. The third kappa shape index (κ3) is 2.73. The number of piperidine rings is 1. The van der Waals surface area contributed by atoms with E-state index in [-0.39, 0.29) is 24.1 Å². The van der Waals surface area contributed by atoms with Crippen LogP contribution in [-0.2, 0) is 9.59 Å². The van der Waals surface area contributed by atoms with Crippen molar-refractivity contribution in [3.63, 3.8) is 0 Å². The van der Waals surface area contributed by atoms with Crippen molar-refractivity contribution < 1.29 is 14.4 Å². The van der Waals surface area contributed by atoms with Gasteiger partial charge in [0.15, 0.2) is 5.78 Å². The summed E-state index contributed by atoms with van der Waals surface area (Å²) in [6.45, 7) is -0.172. The first-order chi connectivity index (χ1) is 8.08. The Hall–Kier alpha value is -1.20. The summed E-state index contributed by atoms with van der Waals surface area (Å²) >= 11 is 6.88. The van der Waals surface area contributed by atoms with Crippen LogP contribution < -0.4 is 0 Å². The van der Waals surface area contributed by atoms with Crippen LogP contribution in [0.15, 0.2) is 12.1 Å². The van der Waals surface area contributed by atoms with Crippen LogP contribution in [0, 0.1) is 0 Å². The van der Waals surface area contributed by atoms with Crippen molar-refractivity contribution in [1.29, 1.82) is 0 Å². The van der Waals surface area contributed by atoms with Crippen molar-refractivity contribution in [2.75, 3.05) is 6.54 Å². The molecule has 0 radical (unpaired) electrons. The Morgan fingerprint density at radius 2 is 1.94 bits per heavy atom. The van der Waals surface area contributed by atoms with Gasteiger partial charge in [-0.25, -0.2) is 0 Å². The molecule has 2 amide bonds. The summed E-state index contributed by atoms with van der Waals surface area (Å²) in [6, 6.07) is 3.23. The molecule has 0 bridgehead atoms. The summed E-state index contributed by atoms with van der Waals surface area (Å²) in [6.07, 6.45) is 1.25. The molecule has 2 heterocycles. The highest BCUT2D eigenvalue weighted by atomic mass is 35.5. The molecule has 0 saturated carbocycles. The molecule has 0 aliphatic carbocycles. The van der Waals surface area contributed by atoms with Crippen molar-refractivity contribution >= 4 is 40.5 Å². The van der Waals surface area contributed by atoms with E-state index in [1.54, 1.807) is 12.1 Å². The molecule has 0 spiro atoms. The van der Waals surface area contributed by atoms with Gasteiger partial charge in [0.2, 0.25) is 11.8 Å². The highest BCUT2D eigenvalue weighted by Crippen LogP contribution is 2.22. The molecular formula is C11H10ClNO3S. The summed E-state index contributed by atoms with van der Waals surface area (Å²) in [5.74, 6) is -0.778. The van der Waals surface area contributed by atoms with Crippen LogP contribution in [0.4, 0.5) is 0 Å². The fraction of sp³-hybridized carbons (Fsp3) is 0.364. The van der Waals surface area contributed by atoms with Gasteiger partial charge in [-0.1, -0.05) is 11.6 Å². The minimum atomic E-state index is -0.266. The van der Waals surface area contributed by atoms with E-state index >= 15 is 0 Å². The predicted molar refractivity (Wildman–Crippen MR) is 64.2 cm³/mol. The highest BCUT2D eigenvalue weighted by Gasteiger charge is 2.28. The minimum absolute atomic E-state index is 0.172. The fourth-order valence-electron chi connectivity index (χ4n) is 1.66. The van der Waals surface area contributed by atoms with Gasteiger partial charge < -0.3 is 0 Å². The second-order valence-electron chi connectivity index (χ2n) is 3.75. The van der Waals surface area contributed by atoms with E-state index in [0.29, 0.717) is 28.5 Å². The minimum Gasteiger partial charge on any atom is -0.291 e. The maximum absolute atomic E-state index is 11.8. The second kappa shape index (κ2) is 4.98. The maximum Gasteiger partial charge on any atom is 0.229 e. The van der Waals surface area contributed by atoms with E-state index in [2.05, 4.69) is 0 Å². The molecule has 1 aromatic heterocycles. The molecule has 0 unspecified atom stereocenters. The first-order valence-electron chi connectivity index (χ1n) is 5.19. The van der Waals surface area contributed by atoms with E-state index in [9.17, 15) is 14.4 Å². The topological polar surface area (TPSA) is 54.5 Å². The summed E-state index contributed by atoms with van der Waals surface area (Å²) in [7, 11) is 0. The number of likely N-dealkylation sites (tertiary alicyclic amines) is 1. The lowest BCUT2D eigenvalue weighted by Crippen LogP contribution is -2.43. The lowest BCUT2D eigenvalue weighted by molar-refractivity contribution is -0.147. The van der Waals surface area contributed by atoms with Crippen LogP contribution in [0.1, 0.15) is 28.9 Å². The number of imide groups is 1. The average molecular weight is 272 g/mol. The number of nitrogens with zero attached hydrogens (tertiary/aromatic N) is 1. The van der Waals surface area contributed by atoms with Crippen molar-refractivity contribution in [3.05, 3.63) is 21.3 Å². The molecule has 4 nitrogen and oxygen atoms in total. The third-order valence-electron chi connectivity index (χ3n) is 2.53. The van der Waals surface area contributed by atoms with Crippen LogP contribution in [0.5, 0.6) is 0 Å². The van der Waals surface area contributed by atoms with Gasteiger partial charge in [0.1, 0.15) is 0 Å². The summed E-state index contributed by atoms with van der Waals surface area (Å²) in [5.41, 5.74) is 0. The third-order valence-corrected chi connectivity index (χ3v) is 3.81. The molecule has 0 atom stereocenters. The molecule has 1 fully saturated rings. The first-order valence-corrected chi connectivity index (χ1v) is 6.39. The second-order valence-corrected chi connectivity index (χ2v) is 5.47. The monoisotopic (exact) mass is 271 g/mol. The Morgan fingerprint density at radius 3 is 2.47 bits per heavy atom. The number of amides is 2. The Labute approximate surface area is 107 Å². The zero-order chi connectivity index (χ0) is 12.4. The Morgan fingerprint density at radius 1 is 1.29 bits per heavy atom. The smallest absolute Gasteiger partial charge is 0.229 e. The maximum atomic E-state index is 11.8. The zero-order valence-electron chi connectivity index (χ0n) is 8.94. The van der Waals surface area contributed by atoms with E-state index in [1.165, 1.54) is 0 Å². The zero-order valence-corrected chi connectivity index (χ0v) is 10.5.